The fraction of sp³-hybridized carbons (Fsp3) is 0.875. The molecular weight excluding hydrogens is 158 g/mol. The number of hydrogen-bond donors (Lipinski definition) is 1. The van der Waals surface area contributed by atoms with E-state index in [0.717, 1.165) is 12.2 Å². The minimum absolute atomic E-state index is 0.557. The Morgan fingerprint density at radius 3 is 2.73 bits per heavy atom. The molecule has 2 atom stereocenters. The molecule has 0 rings (SSSR count). The SMILES string of the molecule is CCC(C)CS(=O)CCC=N. The molecule has 66 valence electrons. The van der Waals surface area contributed by atoms with Crippen molar-refractivity contribution in [3.8, 4) is 0 Å². The molecule has 0 fully saturated rings. The molecule has 1 N–H and O–H groups in total. The minimum Gasteiger partial charge on any atom is -0.313 e. The van der Waals surface area contributed by atoms with Gasteiger partial charge in [0, 0.05) is 22.3 Å². The third kappa shape index (κ3) is 6.23. The van der Waals surface area contributed by atoms with E-state index in [1.54, 1.807) is 0 Å². The van der Waals surface area contributed by atoms with Crippen LogP contribution in [0.2, 0.25) is 0 Å². The maximum Gasteiger partial charge on any atom is 0.0284 e. The summed E-state index contributed by atoms with van der Waals surface area (Å²) in [6.07, 6.45) is 3.08. The van der Waals surface area contributed by atoms with Gasteiger partial charge >= 0.3 is 0 Å². The summed E-state index contributed by atoms with van der Waals surface area (Å²) in [5.41, 5.74) is 0. The highest BCUT2D eigenvalue weighted by Crippen LogP contribution is 2.02. The van der Waals surface area contributed by atoms with Crippen molar-refractivity contribution in [2.75, 3.05) is 11.5 Å². The zero-order valence-electron chi connectivity index (χ0n) is 7.30. The van der Waals surface area contributed by atoms with Crippen LogP contribution in [0.4, 0.5) is 0 Å². The first-order valence-corrected chi connectivity index (χ1v) is 5.53. The first kappa shape index (κ1) is 10.8. The predicted octanol–water partition coefficient (Wildman–Crippen LogP) is 1.82. The summed E-state index contributed by atoms with van der Waals surface area (Å²) in [6, 6.07) is 0. The van der Waals surface area contributed by atoms with Gasteiger partial charge in [0.15, 0.2) is 0 Å². The van der Waals surface area contributed by atoms with Gasteiger partial charge in [0.1, 0.15) is 0 Å². The Morgan fingerprint density at radius 1 is 1.64 bits per heavy atom. The Bertz CT molecular complexity index is 136. The van der Waals surface area contributed by atoms with Gasteiger partial charge in [-0.3, -0.25) is 4.21 Å². The van der Waals surface area contributed by atoms with Crippen LogP contribution in [0.25, 0.3) is 0 Å². The van der Waals surface area contributed by atoms with Crippen molar-refractivity contribution in [2.24, 2.45) is 5.92 Å². The number of nitrogens with one attached hydrogen (secondary N) is 1. The smallest absolute Gasteiger partial charge is 0.0284 e. The van der Waals surface area contributed by atoms with Crippen molar-refractivity contribution >= 4 is 17.0 Å². The number of rotatable bonds is 6. The van der Waals surface area contributed by atoms with Crippen molar-refractivity contribution in [2.45, 2.75) is 26.7 Å². The number of hydrogen-bond acceptors (Lipinski definition) is 2. The van der Waals surface area contributed by atoms with E-state index in [9.17, 15) is 4.21 Å². The molecule has 11 heavy (non-hydrogen) atoms. The van der Waals surface area contributed by atoms with Gasteiger partial charge in [-0.1, -0.05) is 20.3 Å². The molecule has 0 aliphatic rings. The summed E-state index contributed by atoms with van der Waals surface area (Å²) in [7, 11) is -0.701. The summed E-state index contributed by atoms with van der Waals surface area (Å²) >= 11 is 0. The molecule has 0 aromatic carbocycles. The van der Waals surface area contributed by atoms with Crippen LogP contribution in [0, 0.1) is 11.3 Å². The average molecular weight is 175 g/mol. The lowest BCUT2D eigenvalue weighted by atomic mass is 10.2. The van der Waals surface area contributed by atoms with Crippen LogP contribution in [0.1, 0.15) is 26.7 Å². The summed E-state index contributed by atoms with van der Waals surface area (Å²) in [5, 5.41) is 6.76. The fourth-order valence-electron chi connectivity index (χ4n) is 0.709. The Morgan fingerprint density at radius 2 is 2.27 bits per heavy atom. The average Bonchev–Trinajstić information content (AvgIpc) is 2.00. The standard InChI is InChI=1S/C8H17NOS/c1-3-8(2)7-11(10)6-4-5-9/h5,8-9H,3-4,6-7H2,1-2H3. The van der Waals surface area contributed by atoms with Gasteiger partial charge in [0.05, 0.1) is 0 Å². The van der Waals surface area contributed by atoms with Gasteiger partial charge in [0.2, 0.25) is 0 Å². The second-order valence-electron chi connectivity index (χ2n) is 2.82. The van der Waals surface area contributed by atoms with Crippen molar-refractivity contribution in [3.05, 3.63) is 0 Å². The van der Waals surface area contributed by atoms with E-state index in [2.05, 4.69) is 13.8 Å². The second-order valence-corrected chi connectivity index (χ2v) is 4.44. The lowest BCUT2D eigenvalue weighted by Gasteiger charge is -2.06. The van der Waals surface area contributed by atoms with Crippen LogP contribution in [0.5, 0.6) is 0 Å². The van der Waals surface area contributed by atoms with Gasteiger partial charge in [-0.2, -0.15) is 0 Å². The molecule has 0 saturated heterocycles. The molecule has 0 saturated carbocycles. The molecule has 0 aliphatic heterocycles. The third-order valence-electron chi connectivity index (χ3n) is 1.66. The van der Waals surface area contributed by atoms with Gasteiger partial charge < -0.3 is 5.41 Å². The Labute approximate surface area is 71.4 Å². The zero-order chi connectivity index (χ0) is 8.69. The van der Waals surface area contributed by atoms with Crippen LogP contribution in [0.3, 0.4) is 0 Å². The maximum absolute atomic E-state index is 11.2. The molecule has 2 nitrogen and oxygen atoms in total. The second kappa shape index (κ2) is 6.53. The van der Waals surface area contributed by atoms with E-state index >= 15 is 0 Å². The van der Waals surface area contributed by atoms with Crippen LogP contribution in [-0.4, -0.2) is 21.9 Å². The van der Waals surface area contributed by atoms with E-state index in [1.807, 2.05) is 0 Å². The predicted molar refractivity (Wildman–Crippen MR) is 50.7 cm³/mol. The molecule has 0 amide bonds. The molecule has 0 aromatic rings. The van der Waals surface area contributed by atoms with Gasteiger partial charge in [-0.15, -0.1) is 0 Å². The largest absolute Gasteiger partial charge is 0.313 e. The minimum atomic E-state index is -0.701. The van der Waals surface area contributed by atoms with Crippen molar-refractivity contribution in [1.29, 1.82) is 5.41 Å². The highest BCUT2D eigenvalue weighted by atomic mass is 32.2. The highest BCUT2D eigenvalue weighted by Gasteiger charge is 2.04. The van der Waals surface area contributed by atoms with E-state index in [1.165, 1.54) is 6.21 Å². The van der Waals surface area contributed by atoms with Crippen LogP contribution in [-0.2, 0) is 10.8 Å². The van der Waals surface area contributed by atoms with Crippen LogP contribution >= 0.6 is 0 Å². The van der Waals surface area contributed by atoms with Crippen molar-refractivity contribution in [3.63, 3.8) is 0 Å². The molecule has 3 heteroatoms. The topological polar surface area (TPSA) is 40.9 Å². The van der Waals surface area contributed by atoms with Crippen LogP contribution in [0.15, 0.2) is 0 Å². The van der Waals surface area contributed by atoms with E-state index in [0.29, 0.717) is 18.1 Å². The third-order valence-corrected chi connectivity index (χ3v) is 3.29. The molecule has 2 unspecified atom stereocenters. The first-order chi connectivity index (χ1) is 5.20. The van der Waals surface area contributed by atoms with E-state index < -0.39 is 10.8 Å². The zero-order valence-corrected chi connectivity index (χ0v) is 8.12. The van der Waals surface area contributed by atoms with Gasteiger partial charge in [0.25, 0.3) is 0 Å². The summed E-state index contributed by atoms with van der Waals surface area (Å²) < 4.78 is 11.2. The van der Waals surface area contributed by atoms with Gasteiger partial charge in [-0.25, -0.2) is 0 Å². The Hall–Kier alpha value is -0.180. The molecular formula is C8H17NOS. The van der Waals surface area contributed by atoms with E-state index in [4.69, 9.17) is 5.41 Å². The lowest BCUT2D eigenvalue weighted by Crippen LogP contribution is -2.09. The van der Waals surface area contributed by atoms with Crippen LogP contribution < -0.4 is 0 Å². The summed E-state index contributed by atoms with van der Waals surface area (Å²) in [5.74, 6) is 2.01. The fourth-order valence-corrected chi connectivity index (χ4v) is 2.13. The Balaban J connectivity index is 3.43. The normalized spacial score (nSPS) is 15.8. The quantitative estimate of drug-likeness (QED) is 0.615. The Kier molecular flexibility index (Phi) is 6.42. The summed E-state index contributed by atoms with van der Waals surface area (Å²) in [4.78, 5) is 0. The molecule has 0 radical (unpaired) electrons. The molecule has 0 aromatic heterocycles. The molecule has 0 bridgehead atoms. The van der Waals surface area contributed by atoms with Gasteiger partial charge in [-0.05, 0) is 18.6 Å². The van der Waals surface area contributed by atoms with E-state index in [-0.39, 0.29) is 0 Å². The van der Waals surface area contributed by atoms with Crippen molar-refractivity contribution < 1.29 is 4.21 Å². The lowest BCUT2D eigenvalue weighted by molar-refractivity contribution is 0.616. The maximum atomic E-state index is 11.2. The molecule has 0 aliphatic carbocycles. The summed E-state index contributed by atoms with van der Waals surface area (Å²) in [6.45, 7) is 4.22. The molecule has 0 heterocycles. The highest BCUT2D eigenvalue weighted by molar-refractivity contribution is 7.85. The first-order valence-electron chi connectivity index (χ1n) is 4.04. The molecule has 0 spiro atoms. The monoisotopic (exact) mass is 175 g/mol. The van der Waals surface area contributed by atoms with Crippen molar-refractivity contribution in [1.82, 2.24) is 0 Å².